The minimum absolute atomic E-state index is 0.343. The fourth-order valence-corrected chi connectivity index (χ4v) is 2.38. The van der Waals surface area contributed by atoms with Crippen LogP contribution in [-0.2, 0) is 11.3 Å². The Hall–Kier alpha value is -2.20. The van der Waals surface area contributed by atoms with Crippen LogP contribution in [0.2, 0.25) is 0 Å². The van der Waals surface area contributed by atoms with Gasteiger partial charge in [-0.05, 0) is 41.2 Å². The fraction of sp³-hybridized carbons (Fsp3) is 0.333. The first-order valence-electron chi connectivity index (χ1n) is 7.52. The molecule has 1 aromatic carbocycles. The van der Waals surface area contributed by atoms with Crippen LogP contribution in [0.15, 0.2) is 48.8 Å². The molecule has 1 aromatic heterocycles. The molecular formula is C18H22N2O2. The average Bonchev–Trinajstić information content (AvgIpc) is 2.52. The van der Waals surface area contributed by atoms with Crippen molar-refractivity contribution in [2.75, 3.05) is 0 Å². The lowest BCUT2D eigenvalue weighted by molar-refractivity contribution is -0.140. The number of aromatic nitrogens is 1. The zero-order valence-corrected chi connectivity index (χ0v) is 13.0. The second-order valence-corrected chi connectivity index (χ2v) is 5.84. The van der Waals surface area contributed by atoms with E-state index in [0.29, 0.717) is 18.9 Å². The van der Waals surface area contributed by atoms with Gasteiger partial charge in [-0.1, -0.05) is 38.1 Å². The van der Waals surface area contributed by atoms with Crippen molar-refractivity contribution in [3.05, 3.63) is 54.4 Å². The van der Waals surface area contributed by atoms with Crippen LogP contribution in [0.5, 0.6) is 0 Å². The van der Waals surface area contributed by atoms with Gasteiger partial charge in [0.15, 0.2) is 0 Å². The Kier molecular flexibility index (Phi) is 5.67. The Balaban J connectivity index is 2.06. The van der Waals surface area contributed by atoms with Crippen LogP contribution in [0.4, 0.5) is 0 Å². The molecule has 0 radical (unpaired) electrons. The van der Waals surface area contributed by atoms with E-state index in [9.17, 15) is 9.90 Å². The highest BCUT2D eigenvalue weighted by Gasteiger charge is 2.17. The summed E-state index contributed by atoms with van der Waals surface area (Å²) in [4.78, 5) is 15.4. The van der Waals surface area contributed by atoms with Crippen molar-refractivity contribution in [3.8, 4) is 11.1 Å². The lowest BCUT2D eigenvalue weighted by Crippen LogP contribution is -2.37. The molecule has 0 spiro atoms. The maximum atomic E-state index is 11.3. The van der Waals surface area contributed by atoms with Crippen molar-refractivity contribution < 1.29 is 9.90 Å². The van der Waals surface area contributed by atoms with E-state index in [4.69, 9.17) is 0 Å². The van der Waals surface area contributed by atoms with E-state index in [1.807, 2.05) is 50.4 Å². The largest absolute Gasteiger partial charge is 0.480 e. The van der Waals surface area contributed by atoms with Gasteiger partial charge in [-0.3, -0.25) is 9.78 Å². The number of hydrogen-bond donors (Lipinski definition) is 2. The number of carboxylic acids is 1. The molecule has 4 heteroatoms. The lowest BCUT2D eigenvalue weighted by Gasteiger charge is -2.16. The van der Waals surface area contributed by atoms with E-state index in [2.05, 4.69) is 16.4 Å². The normalized spacial score (nSPS) is 12.3. The Labute approximate surface area is 131 Å². The van der Waals surface area contributed by atoms with Gasteiger partial charge >= 0.3 is 5.97 Å². The van der Waals surface area contributed by atoms with Gasteiger partial charge in [0.1, 0.15) is 6.04 Å². The van der Waals surface area contributed by atoms with Crippen molar-refractivity contribution in [2.24, 2.45) is 5.92 Å². The fourth-order valence-electron chi connectivity index (χ4n) is 2.38. The maximum absolute atomic E-state index is 11.3. The number of carboxylic acid groups (broad SMARTS) is 1. The second kappa shape index (κ2) is 7.71. The number of pyridine rings is 1. The lowest BCUT2D eigenvalue weighted by atomic mass is 10.0. The van der Waals surface area contributed by atoms with Crippen molar-refractivity contribution >= 4 is 5.97 Å². The molecule has 22 heavy (non-hydrogen) atoms. The first kappa shape index (κ1) is 16.2. The third-order valence-electron chi connectivity index (χ3n) is 3.48. The van der Waals surface area contributed by atoms with E-state index in [-0.39, 0.29) is 0 Å². The van der Waals surface area contributed by atoms with E-state index in [1.165, 1.54) is 0 Å². The molecular weight excluding hydrogens is 276 g/mol. The van der Waals surface area contributed by atoms with Gasteiger partial charge in [-0.25, -0.2) is 0 Å². The van der Waals surface area contributed by atoms with E-state index in [0.717, 1.165) is 16.7 Å². The van der Waals surface area contributed by atoms with Gasteiger partial charge in [-0.15, -0.1) is 0 Å². The molecule has 2 aromatic rings. The summed E-state index contributed by atoms with van der Waals surface area (Å²) >= 11 is 0. The summed E-state index contributed by atoms with van der Waals surface area (Å²) < 4.78 is 0. The minimum Gasteiger partial charge on any atom is -0.480 e. The molecule has 0 amide bonds. The summed E-state index contributed by atoms with van der Waals surface area (Å²) in [5.41, 5.74) is 3.21. The molecule has 0 aliphatic carbocycles. The molecule has 0 aliphatic heterocycles. The summed E-state index contributed by atoms with van der Waals surface area (Å²) in [5, 5.41) is 12.4. The predicted molar refractivity (Wildman–Crippen MR) is 87.4 cm³/mol. The van der Waals surface area contributed by atoms with Crippen molar-refractivity contribution in [2.45, 2.75) is 32.9 Å². The Morgan fingerprint density at radius 3 is 2.64 bits per heavy atom. The number of aliphatic carboxylic acids is 1. The van der Waals surface area contributed by atoms with E-state index >= 15 is 0 Å². The SMILES string of the molecule is CC(C)CC(NCc1cccc(-c2cccnc2)c1)C(=O)O. The highest BCUT2D eigenvalue weighted by molar-refractivity contribution is 5.73. The molecule has 0 aliphatic rings. The van der Waals surface area contributed by atoms with Gasteiger partial charge in [0, 0.05) is 18.9 Å². The highest BCUT2D eigenvalue weighted by atomic mass is 16.4. The monoisotopic (exact) mass is 298 g/mol. The summed E-state index contributed by atoms with van der Waals surface area (Å²) in [6, 6.07) is 11.5. The van der Waals surface area contributed by atoms with Gasteiger partial charge in [0.05, 0.1) is 0 Å². The molecule has 0 bridgehead atoms. The van der Waals surface area contributed by atoms with Crippen LogP contribution in [0.1, 0.15) is 25.8 Å². The molecule has 1 heterocycles. The van der Waals surface area contributed by atoms with Gasteiger partial charge in [-0.2, -0.15) is 0 Å². The molecule has 4 nitrogen and oxygen atoms in total. The summed E-state index contributed by atoms with van der Waals surface area (Å²) in [5.74, 6) is -0.451. The van der Waals surface area contributed by atoms with Gasteiger partial charge in [0.2, 0.25) is 0 Å². The third-order valence-corrected chi connectivity index (χ3v) is 3.48. The van der Waals surface area contributed by atoms with Crippen LogP contribution in [0.3, 0.4) is 0 Å². The Bertz CT molecular complexity index is 611. The van der Waals surface area contributed by atoms with Crippen LogP contribution in [0.25, 0.3) is 11.1 Å². The third kappa shape index (κ3) is 4.67. The molecule has 116 valence electrons. The average molecular weight is 298 g/mol. The topological polar surface area (TPSA) is 62.2 Å². The summed E-state index contributed by atoms with van der Waals surface area (Å²) in [7, 11) is 0. The molecule has 1 unspecified atom stereocenters. The van der Waals surface area contributed by atoms with Crippen LogP contribution in [0, 0.1) is 5.92 Å². The van der Waals surface area contributed by atoms with Crippen molar-refractivity contribution in [3.63, 3.8) is 0 Å². The van der Waals surface area contributed by atoms with E-state index in [1.54, 1.807) is 6.20 Å². The van der Waals surface area contributed by atoms with Crippen LogP contribution >= 0.6 is 0 Å². The number of benzene rings is 1. The molecule has 0 fully saturated rings. The highest BCUT2D eigenvalue weighted by Crippen LogP contribution is 2.19. The van der Waals surface area contributed by atoms with Crippen LogP contribution in [-0.4, -0.2) is 22.1 Å². The summed E-state index contributed by atoms with van der Waals surface area (Å²) in [6.45, 7) is 4.60. The van der Waals surface area contributed by atoms with Gasteiger partial charge < -0.3 is 10.4 Å². The predicted octanol–water partition coefficient (Wildman–Crippen LogP) is 3.34. The number of rotatable bonds is 7. The zero-order chi connectivity index (χ0) is 15.9. The first-order chi connectivity index (χ1) is 10.6. The smallest absolute Gasteiger partial charge is 0.320 e. The van der Waals surface area contributed by atoms with Gasteiger partial charge in [0.25, 0.3) is 0 Å². The second-order valence-electron chi connectivity index (χ2n) is 5.84. The molecule has 0 saturated carbocycles. The van der Waals surface area contributed by atoms with Crippen LogP contribution < -0.4 is 5.32 Å². The minimum atomic E-state index is -0.794. The summed E-state index contributed by atoms with van der Waals surface area (Å²) in [6.07, 6.45) is 4.20. The standard InChI is InChI=1S/C18H22N2O2/c1-13(2)9-17(18(21)22)20-11-14-5-3-6-15(10-14)16-7-4-8-19-12-16/h3-8,10,12-13,17,20H,9,11H2,1-2H3,(H,21,22). The molecule has 1 atom stereocenters. The number of hydrogen-bond acceptors (Lipinski definition) is 3. The zero-order valence-electron chi connectivity index (χ0n) is 13.0. The van der Waals surface area contributed by atoms with Crippen molar-refractivity contribution in [1.29, 1.82) is 0 Å². The number of nitrogens with one attached hydrogen (secondary N) is 1. The number of nitrogens with zero attached hydrogens (tertiary/aromatic N) is 1. The number of carbonyl (C=O) groups is 1. The Morgan fingerprint density at radius 2 is 2.00 bits per heavy atom. The maximum Gasteiger partial charge on any atom is 0.320 e. The molecule has 0 saturated heterocycles. The quantitative estimate of drug-likeness (QED) is 0.823. The van der Waals surface area contributed by atoms with E-state index < -0.39 is 12.0 Å². The molecule has 2 rings (SSSR count). The Morgan fingerprint density at radius 1 is 1.23 bits per heavy atom. The molecule has 2 N–H and O–H groups in total. The first-order valence-corrected chi connectivity index (χ1v) is 7.52. The van der Waals surface area contributed by atoms with Crippen molar-refractivity contribution in [1.82, 2.24) is 10.3 Å².